The smallest absolute Gasteiger partial charge is 0.262 e. The summed E-state index contributed by atoms with van der Waals surface area (Å²) < 4.78 is 5.26. The molecule has 2 N–H and O–H groups in total. The maximum absolute atomic E-state index is 12.8. The maximum Gasteiger partial charge on any atom is 0.262 e. The molecule has 1 unspecified atom stereocenters. The first-order chi connectivity index (χ1) is 12.5. The fraction of sp³-hybridized carbons (Fsp3) is 0.211. The van der Waals surface area contributed by atoms with Crippen LogP contribution in [0.1, 0.15) is 39.3 Å². The third-order valence-corrected chi connectivity index (χ3v) is 4.60. The van der Waals surface area contributed by atoms with Gasteiger partial charge in [-0.15, -0.1) is 0 Å². The minimum absolute atomic E-state index is 0.302. The molecule has 0 radical (unpaired) electrons. The SMILES string of the molecule is C=C1CCC(N2C(=O)c3ccc(NCc4ccco4)cc3C2=O)C(=O)N1. The van der Waals surface area contributed by atoms with E-state index in [1.54, 1.807) is 30.5 Å². The van der Waals surface area contributed by atoms with Crippen molar-refractivity contribution in [3.8, 4) is 0 Å². The molecule has 0 saturated carbocycles. The molecule has 7 heteroatoms. The van der Waals surface area contributed by atoms with E-state index in [0.717, 1.165) is 10.7 Å². The van der Waals surface area contributed by atoms with Crippen molar-refractivity contribution in [1.29, 1.82) is 0 Å². The van der Waals surface area contributed by atoms with Crippen molar-refractivity contribution in [2.45, 2.75) is 25.4 Å². The molecular weight excluding hydrogens is 334 g/mol. The first-order valence-electron chi connectivity index (χ1n) is 8.31. The van der Waals surface area contributed by atoms with Crippen LogP contribution in [0.5, 0.6) is 0 Å². The molecule has 0 aliphatic carbocycles. The van der Waals surface area contributed by atoms with E-state index in [1.165, 1.54) is 0 Å². The molecule has 132 valence electrons. The molecule has 3 amide bonds. The highest BCUT2D eigenvalue weighted by Crippen LogP contribution is 2.30. The fourth-order valence-corrected chi connectivity index (χ4v) is 3.26. The standard InChI is InChI=1S/C19H17N3O4/c1-11-4-7-16(17(23)21-11)22-18(24)14-6-5-12(9-15(14)19(22)25)20-10-13-3-2-8-26-13/h2-3,5-6,8-9,16,20H,1,4,7,10H2,(H,21,23). The summed E-state index contributed by atoms with van der Waals surface area (Å²) in [6, 6.07) is 7.82. The molecule has 1 aromatic heterocycles. The van der Waals surface area contributed by atoms with Gasteiger partial charge in [-0.05, 0) is 43.2 Å². The largest absolute Gasteiger partial charge is 0.467 e. The number of anilines is 1. The number of hydrogen-bond donors (Lipinski definition) is 2. The van der Waals surface area contributed by atoms with Crippen molar-refractivity contribution >= 4 is 23.4 Å². The first-order valence-corrected chi connectivity index (χ1v) is 8.31. The van der Waals surface area contributed by atoms with E-state index in [-0.39, 0.29) is 5.91 Å². The summed E-state index contributed by atoms with van der Waals surface area (Å²) in [6.45, 7) is 4.18. The lowest BCUT2D eigenvalue weighted by molar-refractivity contribution is -0.125. The van der Waals surface area contributed by atoms with Gasteiger partial charge in [0.05, 0.1) is 23.9 Å². The molecule has 1 saturated heterocycles. The van der Waals surface area contributed by atoms with Gasteiger partial charge in [0.25, 0.3) is 11.8 Å². The molecule has 1 aromatic carbocycles. The second kappa shape index (κ2) is 6.18. The normalized spacial score (nSPS) is 19.5. The number of imide groups is 1. The number of allylic oxidation sites excluding steroid dienone is 1. The average Bonchev–Trinajstić information content (AvgIpc) is 3.22. The van der Waals surface area contributed by atoms with Crippen molar-refractivity contribution in [1.82, 2.24) is 10.2 Å². The van der Waals surface area contributed by atoms with Gasteiger partial charge in [-0.3, -0.25) is 19.3 Å². The Morgan fingerprint density at radius 2 is 2.00 bits per heavy atom. The van der Waals surface area contributed by atoms with E-state index in [2.05, 4.69) is 17.2 Å². The summed E-state index contributed by atoms with van der Waals surface area (Å²) in [5.74, 6) is -0.491. The predicted molar refractivity (Wildman–Crippen MR) is 93.3 cm³/mol. The van der Waals surface area contributed by atoms with E-state index in [9.17, 15) is 14.4 Å². The molecule has 2 aliphatic rings. The zero-order valence-corrected chi connectivity index (χ0v) is 14.0. The van der Waals surface area contributed by atoms with Gasteiger partial charge in [-0.2, -0.15) is 0 Å². The zero-order valence-electron chi connectivity index (χ0n) is 14.0. The number of carbonyl (C=O) groups is 3. The maximum atomic E-state index is 12.8. The Morgan fingerprint density at radius 3 is 2.73 bits per heavy atom. The lowest BCUT2D eigenvalue weighted by Gasteiger charge is -2.29. The molecule has 0 bridgehead atoms. The molecule has 7 nitrogen and oxygen atoms in total. The monoisotopic (exact) mass is 351 g/mol. The Labute approximate surface area is 149 Å². The number of nitrogens with one attached hydrogen (secondary N) is 2. The van der Waals surface area contributed by atoms with Gasteiger partial charge >= 0.3 is 0 Å². The van der Waals surface area contributed by atoms with Crippen LogP contribution in [0.3, 0.4) is 0 Å². The van der Waals surface area contributed by atoms with Crippen LogP contribution in [0.25, 0.3) is 0 Å². The van der Waals surface area contributed by atoms with Gasteiger partial charge in [0.15, 0.2) is 0 Å². The highest BCUT2D eigenvalue weighted by atomic mass is 16.3. The van der Waals surface area contributed by atoms with Crippen LogP contribution in [0.15, 0.2) is 53.3 Å². The minimum atomic E-state index is -0.799. The Kier molecular flexibility index (Phi) is 3.84. The quantitative estimate of drug-likeness (QED) is 0.825. The lowest BCUT2D eigenvalue weighted by Crippen LogP contribution is -2.51. The number of piperidine rings is 1. The molecule has 1 fully saturated rings. The summed E-state index contributed by atoms with van der Waals surface area (Å²) in [5.41, 5.74) is 1.92. The highest BCUT2D eigenvalue weighted by Gasteiger charge is 2.43. The van der Waals surface area contributed by atoms with Crippen LogP contribution in [-0.4, -0.2) is 28.7 Å². The Bertz CT molecular complexity index is 917. The molecule has 4 rings (SSSR count). The van der Waals surface area contributed by atoms with Crippen LogP contribution in [0, 0.1) is 0 Å². The van der Waals surface area contributed by atoms with E-state index in [0.29, 0.717) is 41.9 Å². The van der Waals surface area contributed by atoms with E-state index < -0.39 is 17.9 Å². The molecule has 0 spiro atoms. The van der Waals surface area contributed by atoms with Gasteiger partial charge in [0, 0.05) is 11.4 Å². The number of hydrogen-bond acceptors (Lipinski definition) is 5. The molecule has 1 atom stereocenters. The van der Waals surface area contributed by atoms with Gasteiger partial charge < -0.3 is 15.1 Å². The van der Waals surface area contributed by atoms with Gasteiger partial charge in [-0.25, -0.2) is 0 Å². The van der Waals surface area contributed by atoms with Gasteiger partial charge in [-0.1, -0.05) is 6.58 Å². The summed E-state index contributed by atoms with van der Waals surface area (Å²) in [6.07, 6.45) is 2.52. The number of rotatable bonds is 4. The van der Waals surface area contributed by atoms with E-state index >= 15 is 0 Å². The van der Waals surface area contributed by atoms with Gasteiger partial charge in [0.2, 0.25) is 5.91 Å². The molecular formula is C19H17N3O4. The Morgan fingerprint density at radius 1 is 1.19 bits per heavy atom. The van der Waals surface area contributed by atoms with Crippen LogP contribution >= 0.6 is 0 Å². The third kappa shape index (κ3) is 2.67. The minimum Gasteiger partial charge on any atom is -0.467 e. The zero-order chi connectivity index (χ0) is 18.3. The van der Waals surface area contributed by atoms with Crippen LogP contribution in [-0.2, 0) is 11.3 Å². The first kappa shape index (κ1) is 16.1. The van der Waals surface area contributed by atoms with Crippen molar-refractivity contribution < 1.29 is 18.8 Å². The summed E-state index contributed by atoms with van der Waals surface area (Å²) >= 11 is 0. The van der Waals surface area contributed by atoms with Crippen molar-refractivity contribution in [2.24, 2.45) is 0 Å². The van der Waals surface area contributed by atoms with Crippen LogP contribution in [0.4, 0.5) is 5.69 Å². The van der Waals surface area contributed by atoms with Crippen LogP contribution in [0.2, 0.25) is 0 Å². The summed E-state index contributed by atoms with van der Waals surface area (Å²) in [5, 5.41) is 5.77. The van der Waals surface area contributed by atoms with Crippen LogP contribution < -0.4 is 10.6 Å². The van der Waals surface area contributed by atoms with Crippen molar-refractivity contribution in [3.63, 3.8) is 0 Å². The summed E-state index contributed by atoms with van der Waals surface area (Å²) in [7, 11) is 0. The summed E-state index contributed by atoms with van der Waals surface area (Å²) in [4.78, 5) is 38.7. The number of furan rings is 1. The molecule has 3 heterocycles. The number of nitrogens with zero attached hydrogens (tertiary/aromatic N) is 1. The lowest BCUT2D eigenvalue weighted by atomic mass is 10.0. The second-order valence-corrected chi connectivity index (χ2v) is 6.32. The van der Waals surface area contributed by atoms with Gasteiger partial charge in [0.1, 0.15) is 11.8 Å². The van der Waals surface area contributed by atoms with E-state index in [1.807, 2.05) is 6.07 Å². The van der Waals surface area contributed by atoms with Crippen molar-refractivity contribution in [3.05, 3.63) is 65.8 Å². The number of fused-ring (bicyclic) bond motifs is 1. The number of amides is 3. The number of carbonyl (C=O) groups excluding carboxylic acids is 3. The Balaban J connectivity index is 1.56. The third-order valence-electron chi connectivity index (χ3n) is 4.60. The highest BCUT2D eigenvalue weighted by molar-refractivity contribution is 6.23. The van der Waals surface area contributed by atoms with Crippen molar-refractivity contribution in [2.75, 3.05) is 5.32 Å². The molecule has 2 aliphatic heterocycles. The molecule has 26 heavy (non-hydrogen) atoms. The number of benzene rings is 1. The topological polar surface area (TPSA) is 91.7 Å². The second-order valence-electron chi connectivity index (χ2n) is 6.32. The Hall–Kier alpha value is -3.35. The average molecular weight is 351 g/mol. The predicted octanol–water partition coefficient (Wildman–Crippen LogP) is 2.28. The fourth-order valence-electron chi connectivity index (χ4n) is 3.26. The molecule has 2 aromatic rings. The van der Waals surface area contributed by atoms with E-state index in [4.69, 9.17) is 4.42 Å².